The van der Waals surface area contributed by atoms with Crippen molar-refractivity contribution < 1.29 is 13.2 Å². The summed E-state index contributed by atoms with van der Waals surface area (Å²) in [5, 5.41) is 0.646. The van der Waals surface area contributed by atoms with Crippen LogP contribution >= 0.6 is 11.6 Å². The Balaban J connectivity index is 1.62. The topological polar surface area (TPSA) is 57.7 Å². The van der Waals surface area contributed by atoms with Crippen molar-refractivity contribution in [3.05, 3.63) is 64.2 Å². The van der Waals surface area contributed by atoms with E-state index in [1.54, 1.807) is 30.1 Å². The predicted molar refractivity (Wildman–Crippen MR) is 115 cm³/mol. The Hall–Kier alpha value is -1.89. The molecule has 0 aliphatic carbocycles. The van der Waals surface area contributed by atoms with Crippen LogP contribution in [0.25, 0.3) is 0 Å². The summed E-state index contributed by atoms with van der Waals surface area (Å²) in [6.45, 7) is 5.08. The third-order valence-corrected chi connectivity index (χ3v) is 7.73. The molecule has 2 aromatic rings. The predicted octanol–water partition coefficient (Wildman–Crippen LogP) is 4.02. The Labute approximate surface area is 178 Å². The lowest BCUT2D eigenvalue weighted by molar-refractivity contribution is -0.135. The molecule has 1 fully saturated rings. The molecule has 0 aromatic heterocycles. The van der Waals surface area contributed by atoms with Crippen LogP contribution < -0.4 is 0 Å². The van der Waals surface area contributed by atoms with E-state index >= 15 is 0 Å². The fourth-order valence-corrected chi connectivity index (χ4v) is 5.43. The van der Waals surface area contributed by atoms with Gasteiger partial charge in [0.1, 0.15) is 0 Å². The second kappa shape index (κ2) is 8.86. The van der Waals surface area contributed by atoms with Crippen molar-refractivity contribution in [2.75, 3.05) is 20.1 Å². The number of nitrogens with zero attached hydrogens (tertiary/aromatic N) is 2. The highest BCUT2D eigenvalue weighted by Gasteiger charge is 2.33. The summed E-state index contributed by atoms with van der Waals surface area (Å²) in [6.07, 6.45) is 1.06. The standard InChI is InChI=1S/C22H27ClN2O3S/c1-16-7-8-21(13-17(16)2)29(27,28)25-11-9-19(10-12-25)22(26)24(3)15-18-5-4-6-20(23)14-18/h4-8,13-14,19H,9-12,15H2,1-3H3. The number of hydrogen-bond donors (Lipinski definition) is 0. The van der Waals surface area contributed by atoms with E-state index in [4.69, 9.17) is 11.6 Å². The highest BCUT2D eigenvalue weighted by molar-refractivity contribution is 7.89. The summed E-state index contributed by atoms with van der Waals surface area (Å²) in [5.74, 6) is -0.112. The number of amides is 1. The molecule has 7 heteroatoms. The second-order valence-corrected chi connectivity index (χ2v) is 10.1. The van der Waals surface area contributed by atoms with Crippen molar-refractivity contribution in [3.8, 4) is 0 Å². The molecule has 5 nitrogen and oxygen atoms in total. The minimum absolute atomic E-state index is 0.0493. The lowest BCUT2D eigenvalue weighted by atomic mass is 9.96. The Kier molecular flexibility index (Phi) is 6.66. The molecule has 156 valence electrons. The molecule has 1 heterocycles. The molecule has 1 saturated heterocycles. The van der Waals surface area contributed by atoms with E-state index < -0.39 is 10.0 Å². The highest BCUT2D eigenvalue weighted by atomic mass is 35.5. The molecule has 0 saturated carbocycles. The third kappa shape index (κ3) is 5.00. The van der Waals surface area contributed by atoms with Gasteiger partial charge in [0.05, 0.1) is 4.90 Å². The van der Waals surface area contributed by atoms with Crippen molar-refractivity contribution >= 4 is 27.5 Å². The maximum absolute atomic E-state index is 13.0. The van der Waals surface area contributed by atoms with Gasteiger partial charge in [0.2, 0.25) is 15.9 Å². The van der Waals surface area contributed by atoms with Crippen LogP contribution in [0, 0.1) is 19.8 Å². The van der Waals surface area contributed by atoms with E-state index in [2.05, 4.69) is 0 Å². The second-order valence-electron chi connectivity index (χ2n) is 7.75. The molecule has 0 N–H and O–H groups in total. The van der Waals surface area contributed by atoms with E-state index in [0.717, 1.165) is 16.7 Å². The van der Waals surface area contributed by atoms with Gasteiger partial charge >= 0.3 is 0 Å². The average Bonchev–Trinajstić information content (AvgIpc) is 2.69. The van der Waals surface area contributed by atoms with E-state index in [1.807, 2.05) is 38.1 Å². The van der Waals surface area contributed by atoms with Gasteiger partial charge in [0.25, 0.3) is 0 Å². The summed E-state index contributed by atoms with van der Waals surface area (Å²) in [7, 11) is -1.75. The van der Waals surface area contributed by atoms with Crippen LogP contribution in [-0.4, -0.2) is 43.7 Å². The molecule has 0 bridgehead atoms. The summed E-state index contributed by atoms with van der Waals surface area (Å²) < 4.78 is 27.4. The van der Waals surface area contributed by atoms with E-state index in [0.29, 0.717) is 42.4 Å². The number of rotatable bonds is 5. The normalized spacial score (nSPS) is 16.0. The van der Waals surface area contributed by atoms with Gasteiger partial charge in [-0.2, -0.15) is 4.31 Å². The Bertz CT molecular complexity index is 999. The van der Waals surface area contributed by atoms with Crippen LogP contribution in [-0.2, 0) is 21.4 Å². The first-order valence-corrected chi connectivity index (χ1v) is 11.6. The highest BCUT2D eigenvalue weighted by Crippen LogP contribution is 2.26. The Morgan fingerprint density at radius 3 is 2.41 bits per heavy atom. The molecular formula is C22H27ClN2O3S. The van der Waals surface area contributed by atoms with Gasteiger partial charge in [-0.1, -0.05) is 29.8 Å². The first kappa shape index (κ1) is 21.8. The molecule has 0 unspecified atom stereocenters. The van der Waals surface area contributed by atoms with Gasteiger partial charge in [-0.05, 0) is 67.6 Å². The van der Waals surface area contributed by atoms with E-state index in [1.165, 1.54) is 4.31 Å². The fraction of sp³-hybridized carbons (Fsp3) is 0.409. The van der Waals surface area contributed by atoms with Crippen molar-refractivity contribution in [2.45, 2.75) is 38.1 Å². The van der Waals surface area contributed by atoms with Gasteiger partial charge < -0.3 is 4.90 Å². The van der Waals surface area contributed by atoms with Crippen molar-refractivity contribution in [3.63, 3.8) is 0 Å². The monoisotopic (exact) mass is 434 g/mol. The van der Waals surface area contributed by atoms with Gasteiger partial charge in [0.15, 0.2) is 0 Å². The molecular weight excluding hydrogens is 408 g/mol. The minimum Gasteiger partial charge on any atom is -0.341 e. The van der Waals surface area contributed by atoms with Crippen LogP contribution in [0.5, 0.6) is 0 Å². The first-order chi connectivity index (χ1) is 13.7. The zero-order chi connectivity index (χ0) is 21.2. The summed E-state index contributed by atoms with van der Waals surface area (Å²) in [6, 6.07) is 12.7. The zero-order valence-electron chi connectivity index (χ0n) is 17.1. The van der Waals surface area contributed by atoms with Crippen LogP contribution in [0.15, 0.2) is 47.4 Å². The number of halogens is 1. The largest absolute Gasteiger partial charge is 0.341 e. The van der Waals surface area contributed by atoms with Crippen molar-refractivity contribution in [2.24, 2.45) is 5.92 Å². The van der Waals surface area contributed by atoms with Crippen molar-refractivity contribution in [1.29, 1.82) is 0 Å². The average molecular weight is 435 g/mol. The lowest BCUT2D eigenvalue weighted by Crippen LogP contribution is -2.43. The van der Waals surface area contributed by atoms with Gasteiger partial charge in [-0.25, -0.2) is 8.42 Å². The number of piperidine rings is 1. The van der Waals surface area contributed by atoms with Crippen LogP contribution in [0.3, 0.4) is 0 Å². The number of sulfonamides is 1. The maximum Gasteiger partial charge on any atom is 0.243 e. The number of carbonyl (C=O) groups excluding carboxylic acids is 1. The zero-order valence-corrected chi connectivity index (χ0v) is 18.6. The Morgan fingerprint density at radius 1 is 1.10 bits per heavy atom. The smallest absolute Gasteiger partial charge is 0.243 e. The molecule has 2 aromatic carbocycles. The first-order valence-electron chi connectivity index (χ1n) is 9.75. The van der Waals surface area contributed by atoms with Crippen LogP contribution in [0.4, 0.5) is 0 Å². The van der Waals surface area contributed by atoms with E-state index in [9.17, 15) is 13.2 Å². The number of aryl methyl sites for hydroxylation is 2. The lowest BCUT2D eigenvalue weighted by Gasteiger charge is -2.32. The van der Waals surface area contributed by atoms with Gasteiger partial charge in [0, 0.05) is 37.6 Å². The summed E-state index contributed by atoms with van der Waals surface area (Å²) in [5.41, 5.74) is 3.00. The Morgan fingerprint density at radius 2 is 1.79 bits per heavy atom. The minimum atomic E-state index is -3.53. The molecule has 0 radical (unpaired) electrons. The SMILES string of the molecule is Cc1ccc(S(=O)(=O)N2CCC(C(=O)N(C)Cc3cccc(Cl)c3)CC2)cc1C. The molecule has 1 aliphatic rings. The molecule has 1 aliphatic heterocycles. The molecule has 3 rings (SSSR count). The molecule has 29 heavy (non-hydrogen) atoms. The molecule has 0 atom stereocenters. The summed E-state index contributed by atoms with van der Waals surface area (Å²) >= 11 is 6.02. The third-order valence-electron chi connectivity index (χ3n) is 5.60. The van der Waals surface area contributed by atoms with Crippen LogP contribution in [0.2, 0.25) is 5.02 Å². The van der Waals surface area contributed by atoms with Gasteiger partial charge in [-0.15, -0.1) is 0 Å². The number of hydrogen-bond acceptors (Lipinski definition) is 3. The van der Waals surface area contributed by atoms with E-state index in [-0.39, 0.29) is 11.8 Å². The number of carbonyl (C=O) groups is 1. The van der Waals surface area contributed by atoms with Gasteiger partial charge in [-0.3, -0.25) is 4.79 Å². The molecule has 0 spiro atoms. The fourth-order valence-electron chi connectivity index (χ4n) is 3.67. The molecule has 1 amide bonds. The number of benzene rings is 2. The quantitative estimate of drug-likeness (QED) is 0.714. The van der Waals surface area contributed by atoms with Crippen LogP contribution in [0.1, 0.15) is 29.5 Å². The maximum atomic E-state index is 13.0. The van der Waals surface area contributed by atoms with Crippen molar-refractivity contribution in [1.82, 2.24) is 9.21 Å². The summed E-state index contributed by atoms with van der Waals surface area (Å²) in [4.78, 5) is 14.8.